The number of amides is 1. The van der Waals surface area contributed by atoms with E-state index in [0.717, 1.165) is 11.3 Å². The maximum atomic E-state index is 12.1. The fourth-order valence-electron chi connectivity index (χ4n) is 1.80. The SMILES string of the molecule is CSc1ccc(CC(=O)N(C)Cc2cnccn2)cc1. The molecule has 1 amide bonds. The molecule has 0 unspecified atom stereocenters. The van der Waals surface area contributed by atoms with E-state index < -0.39 is 0 Å². The third-order valence-electron chi connectivity index (χ3n) is 2.96. The second-order valence-electron chi connectivity index (χ2n) is 4.47. The quantitative estimate of drug-likeness (QED) is 0.792. The molecule has 2 rings (SSSR count). The average Bonchev–Trinajstić information content (AvgIpc) is 2.49. The number of carbonyl (C=O) groups is 1. The van der Waals surface area contributed by atoms with Crippen LogP contribution in [0.5, 0.6) is 0 Å². The van der Waals surface area contributed by atoms with Crippen molar-refractivity contribution in [3.05, 3.63) is 54.1 Å². The van der Waals surface area contributed by atoms with Crippen molar-refractivity contribution in [3.8, 4) is 0 Å². The van der Waals surface area contributed by atoms with Crippen LogP contribution in [0, 0.1) is 0 Å². The molecule has 104 valence electrons. The summed E-state index contributed by atoms with van der Waals surface area (Å²) >= 11 is 1.69. The second-order valence-corrected chi connectivity index (χ2v) is 5.35. The molecule has 1 aromatic carbocycles. The van der Waals surface area contributed by atoms with Gasteiger partial charge in [-0.1, -0.05) is 12.1 Å². The Hall–Kier alpha value is -1.88. The van der Waals surface area contributed by atoms with E-state index in [4.69, 9.17) is 0 Å². The Morgan fingerprint density at radius 3 is 2.60 bits per heavy atom. The zero-order chi connectivity index (χ0) is 14.4. The number of hydrogen-bond donors (Lipinski definition) is 0. The van der Waals surface area contributed by atoms with Crippen LogP contribution >= 0.6 is 11.8 Å². The molecule has 5 heteroatoms. The maximum Gasteiger partial charge on any atom is 0.227 e. The van der Waals surface area contributed by atoms with Gasteiger partial charge < -0.3 is 4.90 Å². The van der Waals surface area contributed by atoms with Crippen LogP contribution in [0.3, 0.4) is 0 Å². The van der Waals surface area contributed by atoms with Gasteiger partial charge in [-0.2, -0.15) is 0 Å². The van der Waals surface area contributed by atoms with Gasteiger partial charge in [-0.05, 0) is 24.0 Å². The van der Waals surface area contributed by atoms with Crippen molar-refractivity contribution >= 4 is 17.7 Å². The molecule has 20 heavy (non-hydrogen) atoms. The van der Waals surface area contributed by atoms with Gasteiger partial charge in [0, 0.05) is 24.3 Å². The maximum absolute atomic E-state index is 12.1. The minimum absolute atomic E-state index is 0.0764. The number of rotatable bonds is 5. The van der Waals surface area contributed by atoms with E-state index in [0.29, 0.717) is 13.0 Å². The minimum atomic E-state index is 0.0764. The molecular weight excluding hydrogens is 270 g/mol. The van der Waals surface area contributed by atoms with Crippen molar-refractivity contribution in [2.24, 2.45) is 0 Å². The summed E-state index contributed by atoms with van der Waals surface area (Å²) in [5.74, 6) is 0.0764. The van der Waals surface area contributed by atoms with Gasteiger partial charge in [0.2, 0.25) is 5.91 Å². The fraction of sp³-hybridized carbons (Fsp3) is 0.267. The molecule has 0 radical (unpaired) electrons. The molecular formula is C15H17N3OS. The van der Waals surface area contributed by atoms with Gasteiger partial charge in [0.15, 0.2) is 0 Å². The highest BCUT2D eigenvalue weighted by atomic mass is 32.2. The molecule has 1 aromatic heterocycles. The highest BCUT2D eigenvalue weighted by Crippen LogP contribution is 2.15. The number of thioether (sulfide) groups is 1. The number of carbonyl (C=O) groups excluding carboxylic acids is 1. The van der Waals surface area contributed by atoms with Crippen LogP contribution in [0.25, 0.3) is 0 Å². The van der Waals surface area contributed by atoms with E-state index in [9.17, 15) is 4.79 Å². The summed E-state index contributed by atoms with van der Waals surface area (Å²) in [7, 11) is 1.78. The van der Waals surface area contributed by atoms with Crippen molar-refractivity contribution < 1.29 is 4.79 Å². The number of likely N-dealkylation sites (N-methyl/N-ethyl adjacent to an activating group) is 1. The van der Waals surface area contributed by atoms with Gasteiger partial charge in [-0.25, -0.2) is 0 Å². The Morgan fingerprint density at radius 1 is 1.25 bits per heavy atom. The van der Waals surface area contributed by atoms with Crippen LogP contribution in [-0.2, 0) is 17.8 Å². The highest BCUT2D eigenvalue weighted by molar-refractivity contribution is 7.98. The molecule has 0 saturated carbocycles. The Bertz CT molecular complexity index is 557. The smallest absolute Gasteiger partial charge is 0.227 e. The number of benzene rings is 1. The molecule has 2 aromatic rings. The first kappa shape index (κ1) is 14.5. The molecule has 0 aliphatic carbocycles. The predicted octanol–water partition coefficient (Wildman–Crippen LogP) is 2.40. The van der Waals surface area contributed by atoms with Crippen LogP contribution in [0.15, 0.2) is 47.8 Å². The lowest BCUT2D eigenvalue weighted by molar-refractivity contribution is -0.129. The topological polar surface area (TPSA) is 46.1 Å². The van der Waals surface area contributed by atoms with Gasteiger partial charge in [0.1, 0.15) is 0 Å². The largest absolute Gasteiger partial charge is 0.340 e. The summed E-state index contributed by atoms with van der Waals surface area (Å²) in [5.41, 5.74) is 1.82. The van der Waals surface area contributed by atoms with Crippen LogP contribution < -0.4 is 0 Å². The van der Waals surface area contributed by atoms with Gasteiger partial charge in [-0.15, -0.1) is 11.8 Å². The normalized spacial score (nSPS) is 10.3. The van der Waals surface area contributed by atoms with Gasteiger partial charge >= 0.3 is 0 Å². The zero-order valence-electron chi connectivity index (χ0n) is 11.6. The number of aromatic nitrogens is 2. The third kappa shape index (κ3) is 4.06. The molecule has 0 spiro atoms. The lowest BCUT2D eigenvalue weighted by Crippen LogP contribution is -2.28. The second kappa shape index (κ2) is 7.05. The first-order valence-corrected chi connectivity index (χ1v) is 7.53. The Labute approximate surface area is 123 Å². The van der Waals surface area contributed by atoms with Crippen molar-refractivity contribution in [2.45, 2.75) is 17.9 Å². The first-order valence-electron chi connectivity index (χ1n) is 6.31. The lowest BCUT2D eigenvalue weighted by atomic mass is 10.1. The summed E-state index contributed by atoms with van der Waals surface area (Å²) in [6.45, 7) is 0.482. The molecule has 0 atom stereocenters. The summed E-state index contributed by atoms with van der Waals surface area (Å²) < 4.78 is 0. The third-order valence-corrected chi connectivity index (χ3v) is 3.70. The Morgan fingerprint density at radius 2 is 2.00 bits per heavy atom. The van der Waals surface area contributed by atoms with Gasteiger partial charge in [0.05, 0.1) is 24.9 Å². The van der Waals surface area contributed by atoms with E-state index in [2.05, 4.69) is 9.97 Å². The van der Waals surface area contributed by atoms with Gasteiger partial charge in [0.25, 0.3) is 0 Å². The number of hydrogen-bond acceptors (Lipinski definition) is 4. The monoisotopic (exact) mass is 287 g/mol. The van der Waals surface area contributed by atoms with E-state index >= 15 is 0 Å². The minimum Gasteiger partial charge on any atom is -0.340 e. The van der Waals surface area contributed by atoms with Crippen molar-refractivity contribution in [1.82, 2.24) is 14.9 Å². The molecule has 4 nitrogen and oxygen atoms in total. The number of nitrogens with zero attached hydrogens (tertiary/aromatic N) is 3. The first-order chi connectivity index (χ1) is 9.69. The van der Waals surface area contributed by atoms with Crippen LogP contribution in [-0.4, -0.2) is 34.1 Å². The molecule has 0 fully saturated rings. The molecule has 1 heterocycles. The van der Waals surface area contributed by atoms with Crippen molar-refractivity contribution in [3.63, 3.8) is 0 Å². The molecule has 0 N–H and O–H groups in total. The Balaban J connectivity index is 1.93. The van der Waals surface area contributed by atoms with Gasteiger partial charge in [-0.3, -0.25) is 14.8 Å². The molecule has 0 aliphatic heterocycles. The van der Waals surface area contributed by atoms with E-state index in [1.807, 2.05) is 30.5 Å². The highest BCUT2D eigenvalue weighted by Gasteiger charge is 2.10. The predicted molar refractivity (Wildman–Crippen MR) is 80.4 cm³/mol. The standard InChI is InChI=1S/C15H17N3OS/c1-18(11-13-10-16-7-8-17-13)15(19)9-12-3-5-14(20-2)6-4-12/h3-8,10H,9,11H2,1-2H3. The van der Waals surface area contributed by atoms with E-state index in [1.165, 1.54) is 4.90 Å². The average molecular weight is 287 g/mol. The summed E-state index contributed by atoms with van der Waals surface area (Å²) in [4.78, 5) is 23.2. The zero-order valence-corrected chi connectivity index (χ0v) is 12.4. The summed E-state index contributed by atoms with van der Waals surface area (Å²) in [6.07, 6.45) is 7.38. The summed E-state index contributed by atoms with van der Waals surface area (Å²) in [5, 5.41) is 0. The molecule has 0 saturated heterocycles. The molecule has 0 bridgehead atoms. The van der Waals surface area contributed by atoms with Crippen molar-refractivity contribution in [1.29, 1.82) is 0 Å². The Kier molecular flexibility index (Phi) is 5.12. The summed E-state index contributed by atoms with van der Waals surface area (Å²) in [6, 6.07) is 8.08. The van der Waals surface area contributed by atoms with E-state index in [-0.39, 0.29) is 5.91 Å². The van der Waals surface area contributed by atoms with Crippen LogP contribution in [0.2, 0.25) is 0 Å². The lowest BCUT2D eigenvalue weighted by Gasteiger charge is -2.16. The van der Waals surface area contributed by atoms with Crippen molar-refractivity contribution in [2.75, 3.05) is 13.3 Å². The fourth-order valence-corrected chi connectivity index (χ4v) is 2.20. The van der Waals surface area contributed by atoms with E-state index in [1.54, 1.807) is 42.3 Å². The molecule has 0 aliphatic rings. The van der Waals surface area contributed by atoms with Crippen LogP contribution in [0.1, 0.15) is 11.3 Å². The van der Waals surface area contributed by atoms with Crippen LogP contribution in [0.4, 0.5) is 0 Å².